The minimum Gasteiger partial charge on any atom is -0.229 e. The van der Waals surface area contributed by atoms with Gasteiger partial charge in [0.25, 0.3) is 0 Å². The molecule has 2 heterocycles. The molecule has 0 aromatic carbocycles. The van der Waals surface area contributed by atoms with Crippen molar-refractivity contribution in [2.24, 2.45) is 0 Å². The molecule has 1 aliphatic heterocycles. The molecule has 0 radical (unpaired) electrons. The van der Waals surface area contributed by atoms with Crippen LogP contribution in [0.5, 0.6) is 0 Å². The average Bonchev–Trinajstić information content (AvgIpc) is 2.17. The minimum atomic E-state index is -2.83. The van der Waals surface area contributed by atoms with E-state index in [1.807, 2.05) is 0 Å². The van der Waals surface area contributed by atoms with E-state index in [1.54, 1.807) is 6.20 Å². The second-order valence-electron chi connectivity index (χ2n) is 3.58. The molecule has 1 aromatic heterocycles. The van der Waals surface area contributed by atoms with Crippen molar-refractivity contribution in [3.05, 3.63) is 17.2 Å². The fraction of sp³-hybridized carbons (Fsp3) is 0.625. The van der Waals surface area contributed by atoms with Gasteiger partial charge >= 0.3 is 0 Å². The van der Waals surface area contributed by atoms with Crippen LogP contribution in [0.3, 0.4) is 0 Å². The molecule has 0 atom stereocenters. The van der Waals surface area contributed by atoms with Gasteiger partial charge in [-0.15, -0.1) is 5.10 Å². The van der Waals surface area contributed by atoms with Crippen molar-refractivity contribution in [3.63, 3.8) is 0 Å². The number of rotatable bonds is 1. The third kappa shape index (κ3) is 2.63. The lowest BCUT2D eigenvalue weighted by molar-refractivity contribution is 0.542. The average molecular weight is 248 g/mol. The Hall–Kier alpha value is -0.750. The van der Waals surface area contributed by atoms with Crippen molar-refractivity contribution in [2.45, 2.75) is 18.8 Å². The zero-order valence-corrected chi connectivity index (χ0v) is 9.50. The summed E-state index contributed by atoms with van der Waals surface area (Å²) in [5, 5.41) is 7.36. The van der Waals surface area contributed by atoms with Crippen LogP contribution in [0, 0.1) is 0 Å². The summed E-state index contributed by atoms with van der Waals surface area (Å²) in [5.74, 6) is 0.583. The number of hydrogen-bond donors (Lipinski definition) is 0. The summed E-state index contributed by atoms with van der Waals surface area (Å²) < 4.78 is 22.4. The van der Waals surface area contributed by atoms with Crippen LogP contribution >= 0.6 is 11.6 Å². The summed E-state index contributed by atoms with van der Waals surface area (Å²) in [6, 6.07) is 0. The van der Waals surface area contributed by atoms with Gasteiger partial charge in [-0.25, -0.2) is 13.4 Å². The SMILES string of the molecule is O=S1(=O)CCC(c2cnnc(Cl)n2)CC1. The van der Waals surface area contributed by atoms with E-state index in [-0.39, 0.29) is 22.7 Å². The first-order valence-electron chi connectivity index (χ1n) is 4.62. The van der Waals surface area contributed by atoms with Crippen LogP contribution in [0.1, 0.15) is 24.5 Å². The van der Waals surface area contributed by atoms with E-state index in [0.29, 0.717) is 12.8 Å². The van der Waals surface area contributed by atoms with Crippen LogP contribution < -0.4 is 0 Å². The molecule has 5 nitrogen and oxygen atoms in total. The molecule has 0 N–H and O–H groups in total. The van der Waals surface area contributed by atoms with Crippen LogP contribution in [0.4, 0.5) is 0 Å². The van der Waals surface area contributed by atoms with Gasteiger partial charge in [0, 0.05) is 5.92 Å². The van der Waals surface area contributed by atoms with Gasteiger partial charge in [0.1, 0.15) is 9.84 Å². The van der Waals surface area contributed by atoms with Crippen molar-refractivity contribution in [1.29, 1.82) is 0 Å². The molecule has 1 aromatic rings. The number of aromatic nitrogens is 3. The largest absolute Gasteiger partial charge is 0.243 e. The Morgan fingerprint density at radius 2 is 2.00 bits per heavy atom. The van der Waals surface area contributed by atoms with E-state index in [9.17, 15) is 8.42 Å². The molecule has 0 aliphatic carbocycles. The lowest BCUT2D eigenvalue weighted by atomic mass is 10.00. The lowest BCUT2D eigenvalue weighted by Gasteiger charge is -2.20. The maximum Gasteiger partial charge on any atom is 0.243 e. The molecule has 1 aliphatic rings. The van der Waals surface area contributed by atoms with Gasteiger partial charge in [0.15, 0.2) is 0 Å². The molecule has 0 unspecified atom stereocenters. The van der Waals surface area contributed by atoms with Crippen molar-refractivity contribution in [2.75, 3.05) is 11.5 Å². The molecule has 7 heteroatoms. The topological polar surface area (TPSA) is 72.8 Å². The zero-order valence-electron chi connectivity index (χ0n) is 7.93. The summed E-state index contributed by atoms with van der Waals surface area (Å²) in [4.78, 5) is 4.04. The smallest absolute Gasteiger partial charge is 0.229 e. The quantitative estimate of drug-likeness (QED) is 0.735. The van der Waals surface area contributed by atoms with E-state index < -0.39 is 9.84 Å². The first kappa shape index (κ1) is 10.8. The van der Waals surface area contributed by atoms with Gasteiger partial charge in [-0.05, 0) is 24.4 Å². The molecule has 0 spiro atoms. The van der Waals surface area contributed by atoms with Gasteiger partial charge in [-0.2, -0.15) is 5.10 Å². The van der Waals surface area contributed by atoms with E-state index >= 15 is 0 Å². The lowest BCUT2D eigenvalue weighted by Crippen LogP contribution is -2.22. The summed E-state index contributed by atoms with van der Waals surface area (Å²) in [6.45, 7) is 0. The number of halogens is 1. The number of nitrogens with zero attached hydrogens (tertiary/aromatic N) is 3. The normalized spacial score (nSPS) is 21.4. The molecule has 1 fully saturated rings. The number of hydrogen-bond acceptors (Lipinski definition) is 5. The Balaban J connectivity index is 2.14. The summed E-state index contributed by atoms with van der Waals surface area (Å²) in [7, 11) is -2.83. The second kappa shape index (κ2) is 4.02. The minimum absolute atomic E-state index is 0.112. The highest BCUT2D eigenvalue weighted by Crippen LogP contribution is 2.27. The third-order valence-corrected chi connectivity index (χ3v) is 4.40. The molecule has 0 amide bonds. The molecule has 15 heavy (non-hydrogen) atoms. The van der Waals surface area contributed by atoms with Gasteiger partial charge in [0.2, 0.25) is 5.28 Å². The molecule has 0 saturated carbocycles. The number of sulfone groups is 1. The van der Waals surface area contributed by atoms with Gasteiger partial charge < -0.3 is 0 Å². The molecule has 82 valence electrons. The predicted molar refractivity (Wildman–Crippen MR) is 55.5 cm³/mol. The maximum atomic E-state index is 11.2. The van der Waals surface area contributed by atoms with E-state index in [4.69, 9.17) is 11.6 Å². The fourth-order valence-corrected chi connectivity index (χ4v) is 3.31. The van der Waals surface area contributed by atoms with Crippen LogP contribution in [0.2, 0.25) is 5.28 Å². The van der Waals surface area contributed by atoms with Crippen molar-refractivity contribution < 1.29 is 8.42 Å². The first-order chi connectivity index (χ1) is 7.07. The van der Waals surface area contributed by atoms with E-state index in [1.165, 1.54) is 0 Å². The Kier molecular flexibility index (Phi) is 2.88. The van der Waals surface area contributed by atoms with Gasteiger partial charge in [-0.3, -0.25) is 0 Å². The molecule has 2 rings (SSSR count). The fourth-order valence-electron chi connectivity index (χ4n) is 1.68. The maximum absolute atomic E-state index is 11.2. The van der Waals surface area contributed by atoms with Crippen molar-refractivity contribution >= 4 is 21.4 Å². The van der Waals surface area contributed by atoms with Crippen LogP contribution in [-0.2, 0) is 9.84 Å². The Morgan fingerprint density at radius 3 is 2.60 bits per heavy atom. The molecule has 1 saturated heterocycles. The monoisotopic (exact) mass is 247 g/mol. The molecular formula is C8H10ClN3O2S. The van der Waals surface area contributed by atoms with Gasteiger partial charge in [-0.1, -0.05) is 0 Å². The van der Waals surface area contributed by atoms with E-state index in [0.717, 1.165) is 5.69 Å². The first-order valence-corrected chi connectivity index (χ1v) is 6.82. The van der Waals surface area contributed by atoms with Crippen LogP contribution in [0.25, 0.3) is 0 Å². The van der Waals surface area contributed by atoms with E-state index in [2.05, 4.69) is 15.2 Å². The van der Waals surface area contributed by atoms with Crippen molar-refractivity contribution in [3.8, 4) is 0 Å². The van der Waals surface area contributed by atoms with Gasteiger partial charge in [0.05, 0.1) is 23.4 Å². The summed E-state index contributed by atoms with van der Waals surface area (Å²) >= 11 is 5.62. The van der Waals surface area contributed by atoms with Crippen LogP contribution in [0.15, 0.2) is 6.20 Å². The molecular weight excluding hydrogens is 238 g/mol. The Labute approximate surface area is 92.8 Å². The molecule has 0 bridgehead atoms. The zero-order chi connectivity index (χ0) is 10.9. The van der Waals surface area contributed by atoms with Crippen molar-refractivity contribution in [1.82, 2.24) is 15.2 Å². The second-order valence-corrected chi connectivity index (χ2v) is 6.22. The summed E-state index contributed by atoms with van der Waals surface area (Å²) in [6.07, 6.45) is 2.74. The highest BCUT2D eigenvalue weighted by Gasteiger charge is 2.25. The predicted octanol–water partition coefficient (Wildman–Crippen LogP) is 0.817. The highest BCUT2D eigenvalue weighted by molar-refractivity contribution is 7.91. The summed E-state index contributed by atoms with van der Waals surface area (Å²) in [5.41, 5.74) is 0.741. The Bertz CT molecular complexity index is 449. The standard InChI is InChI=1S/C8H10ClN3O2S/c9-8-11-7(5-10-12-8)6-1-3-15(13,14)4-2-6/h5-6H,1-4H2. The Morgan fingerprint density at radius 1 is 1.33 bits per heavy atom. The van der Waals surface area contributed by atoms with Crippen LogP contribution in [-0.4, -0.2) is 35.1 Å². The third-order valence-electron chi connectivity index (χ3n) is 2.52. The highest BCUT2D eigenvalue weighted by atomic mass is 35.5.